The number of rotatable bonds is 2. The Labute approximate surface area is 68.5 Å². The Hall–Kier alpha value is -0.570. The average Bonchev–Trinajstić information content (AvgIpc) is 1.63. The van der Waals surface area contributed by atoms with Crippen molar-refractivity contribution in [1.82, 2.24) is 4.90 Å². The first kappa shape index (κ1) is 12.1. The Morgan fingerprint density at radius 2 is 1.80 bits per heavy atom. The quantitative estimate of drug-likeness (QED) is 0.326. The fourth-order valence-electron chi connectivity index (χ4n) is 0.296. The fraction of sp³-hybridized carbons (Fsp3) is 0.667. The zero-order valence-electron chi connectivity index (χ0n) is 6.90. The van der Waals surface area contributed by atoms with E-state index in [2.05, 4.69) is 4.99 Å². The molecule has 0 heterocycles. The third-order valence-corrected chi connectivity index (χ3v) is 0.595. The third kappa shape index (κ3) is 10.4. The van der Waals surface area contributed by atoms with Crippen LogP contribution in [0.4, 0.5) is 0 Å². The lowest BCUT2D eigenvalue weighted by atomic mass is 10.9. The second-order valence-corrected chi connectivity index (χ2v) is 2.31. The van der Waals surface area contributed by atoms with Gasteiger partial charge in [0, 0.05) is 14.1 Å². The highest BCUT2D eigenvalue weighted by Gasteiger charge is 1.80. The van der Waals surface area contributed by atoms with Crippen molar-refractivity contribution in [2.24, 2.45) is 4.99 Å². The Kier molecular flexibility index (Phi) is 7.95. The van der Waals surface area contributed by atoms with E-state index in [1.165, 1.54) is 0 Å². The molecular formula is C6H15ClN3+. The summed E-state index contributed by atoms with van der Waals surface area (Å²) in [7, 11) is 7.75. The molecule has 0 rings (SSSR count). The monoisotopic (exact) mass is 164 g/mol. The first-order valence-electron chi connectivity index (χ1n) is 2.82. The molecule has 0 saturated carbocycles. The zero-order chi connectivity index (χ0) is 7.28. The van der Waals surface area contributed by atoms with Gasteiger partial charge in [-0.05, 0) is 4.99 Å². The molecule has 0 fully saturated rings. The molecule has 0 saturated heterocycles. The van der Waals surface area contributed by atoms with E-state index in [-0.39, 0.29) is 12.4 Å². The van der Waals surface area contributed by atoms with Crippen LogP contribution in [0.2, 0.25) is 0 Å². The molecule has 10 heavy (non-hydrogen) atoms. The van der Waals surface area contributed by atoms with E-state index in [9.17, 15) is 0 Å². The van der Waals surface area contributed by atoms with E-state index >= 15 is 0 Å². The first-order chi connectivity index (χ1) is 4.13. The van der Waals surface area contributed by atoms with Crippen molar-refractivity contribution in [1.29, 1.82) is 0 Å². The zero-order valence-corrected chi connectivity index (χ0v) is 7.72. The van der Waals surface area contributed by atoms with Crippen LogP contribution in [0, 0.1) is 0 Å². The molecule has 0 spiro atoms. The highest BCUT2D eigenvalue weighted by molar-refractivity contribution is 5.85. The Morgan fingerprint density at radius 3 is 2.10 bits per heavy atom. The van der Waals surface area contributed by atoms with Gasteiger partial charge in [0.2, 0.25) is 6.34 Å². The summed E-state index contributed by atoms with van der Waals surface area (Å²) in [6.07, 6.45) is 3.50. The Balaban J connectivity index is 0. The molecule has 0 aliphatic carbocycles. The predicted molar refractivity (Wildman–Crippen MR) is 47.6 cm³/mol. The van der Waals surface area contributed by atoms with Crippen molar-refractivity contribution < 1.29 is 4.58 Å². The SMILES string of the molecule is CN(C)C=NC=[N+](C)C.Cl. The molecule has 0 radical (unpaired) electrons. The minimum Gasteiger partial charge on any atom is -0.348 e. The summed E-state index contributed by atoms with van der Waals surface area (Å²) in [6.45, 7) is 0. The van der Waals surface area contributed by atoms with Crippen LogP contribution in [-0.4, -0.2) is 50.3 Å². The summed E-state index contributed by atoms with van der Waals surface area (Å²) < 4.78 is 1.89. The van der Waals surface area contributed by atoms with Gasteiger partial charge in [-0.25, -0.2) is 0 Å². The van der Waals surface area contributed by atoms with Crippen molar-refractivity contribution in [2.45, 2.75) is 0 Å². The number of nitrogens with zero attached hydrogens (tertiary/aromatic N) is 3. The molecule has 3 nitrogen and oxygen atoms in total. The lowest BCUT2D eigenvalue weighted by Gasteiger charge is -1.94. The van der Waals surface area contributed by atoms with Crippen molar-refractivity contribution in [3.8, 4) is 0 Å². The molecule has 0 aliphatic rings. The molecule has 0 N–H and O–H groups in total. The van der Waals surface area contributed by atoms with Gasteiger partial charge < -0.3 is 4.90 Å². The van der Waals surface area contributed by atoms with Crippen LogP contribution in [-0.2, 0) is 0 Å². The maximum absolute atomic E-state index is 3.97. The van der Waals surface area contributed by atoms with Gasteiger partial charge in [0.25, 0.3) is 6.34 Å². The highest BCUT2D eigenvalue weighted by atomic mass is 35.5. The van der Waals surface area contributed by atoms with Gasteiger partial charge >= 0.3 is 0 Å². The standard InChI is InChI=1S/C6H14N3.ClH/c1-8(2)5-7-6-9(3)4;/h5-6H,1-4H3;1H/q+1;. The molecule has 0 bridgehead atoms. The van der Waals surface area contributed by atoms with Crippen LogP contribution in [0.3, 0.4) is 0 Å². The maximum Gasteiger partial charge on any atom is 0.282 e. The predicted octanol–water partition coefficient (Wildman–Crippen LogP) is 0.299. The molecule has 60 valence electrons. The van der Waals surface area contributed by atoms with Gasteiger partial charge in [-0.3, -0.25) is 4.58 Å². The molecule has 0 unspecified atom stereocenters. The number of hydrogen-bond acceptors (Lipinski definition) is 0. The normalized spacial score (nSPS) is 8.80. The highest BCUT2D eigenvalue weighted by Crippen LogP contribution is 1.63. The summed E-state index contributed by atoms with van der Waals surface area (Å²) >= 11 is 0. The Bertz CT molecular complexity index is 125. The van der Waals surface area contributed by atoms with Crippen LogP contribution in [0.5, 0.6) is 0 Å². The summed E-state index contributed by atoms with van der Waals surface area (Å²) in [6, 6.07) is 0. The topological polar surface area (TPSA) is 18.6 Å². The molecule has 0 aromatic rings. The smallest absolute Gasteiger partial charge is 0.282 e. The van der Waals surface area contributed by atoms with Gasteiger partial charge in [-0.2, -0.15) is 0 Å². The van der Waals surface area contributed by atoms with Crippen LogP contribution in [0.1, 0.15) is 0 Å². The summed E-state index contributed by atoms with van der Waals surface area (Å²) in [5, 5.41) is 0. The second kappa shape index (κ2) is 6.55. The van der Waals surface area contributed by atoms with E-state index < -0.39 is 0 Å². The molecule has 0 atom stereocenters. The summed E-state index contributed by atoms with van der Waals surface area (Å²) in [5.41, 5.74) is 0. The number of halogens is 1. The number of hydrogen-bond donors (Lipinski definition) is 0. The van der Waals surface area contributed by atoms with E-state index in [0.29, 0.717) is 0 Å². The van der Waals surface area contributed by atoms with E-state index in [1.54, 1.807) is 12.7 Å². The summed E-state index contributed by atoms with van der Waals surface area (Å²) in [5.74, 6) is 0. The van der Waals surface area contributed by atoms with Crippen molar-refractivity contribution in [3.63, 3.8) is 0 Å². The average molecular weight is 165 g/mol. The van der Waals surface area contributed by atoms with E-state index in [1.807, 2.05) is 37.7 Å². The van der Waals surface area contributed by atoms with Crippen molar-refractivity contribution in [2.75, 3.05) is 28.2 Å². The largest absolute Gasteiger partial charge is 0.348 e. The molecule has 0 aromatic carbocycles. The van der Waals surface area contributed by atoms with Crippen LogP contribution in [0.25, 0.3) is 0 Å². The number of aliphatic imine (C=N–C) groups is 1. The minimum atomic E-state index is 0. The molecule has 0 amide bonds. The van der Waals surface area contributed by atoms with Crippen molar-refractivity contribution >= 4 is 25.1 Å². The van der Waals surface area contributed by atoms with Crippen LogP contribution in [0.15, 0.2) is 4.99 Å². The molecular weight excluding hydrogens is 150 g/mol. The molecule has 4 heteroatoms. The Morgan fingerprint density at radius 1 is 1.30 bits per heavy atom. The van der Waals surface area contributed by atoms with Crippen LogP contribution >= 0.6 is 12.4 Å². The van der Waals surface area contributed by atoms with Gasteiger partial charge in [0.05, 0.1) is 14.1 Å². The van der Waals surface area contributed by atoms with E-state index in [0.717, 1.165) is 0 Å². The van der Waals surface area contributed by atoms with Crippen LogP contribution < -0.4 is 0 Å². The lowest BCUT2D eigenvalue weighted by molar-refractivity contribution is -0.460. The van der Waals surface area contributed by atoms with Gasteiger partial charge in [-0.1, -0.05) is 0 Å². The minimum absolute atomic E-state index is 0. The molecule has 0 aromatic heterocycles. The van der Waals surface area contributed by atoms with Gasteiger partial charge in [0.1, 0.15) is 0 Å². The maximum atomic E-state index is 3.97. The van der Waals surface area contributed by atoms with E-state index in [4.69, 9.17) is 0 Å². The lowest BCUT2D eigenvalue weighted by Crippen LogP contribution is -2.08. The fourth-order valence-corrected chi connectivity index (χ4v) is 0.296. The van der Waals surface area contributed by atoms with Crippen molar-refractivity contribution in [3.05, 3.63) is 0 Å². The first-order valence-corrected chi connectivity index (χ1v) is 2.82. The third-order valence-electron chi connectivity index (χ3n) is 0.595. The van der Waals surface area contributed by atoms with Gasteiger partial charge in [-0.15, -0.1) is 12.4 Å². The second-order valence-electron chi connectivity index (χ2n) is 2.31. The summed E-state index contributed by atoms with van der Waals surface area (Å²) in [4.78, 5) is 5.86. The molecule has 0 aliphatic heterocycles. The van der Waals surface area contributed by atoms with Gasteiger partial charge in [0.15, 0.2) is 0 Å².